The van der Waals surface area contributed by atoms with E-state index in [1.54, 1.807) is 0 Å². The molecule has 1 aromatic rings. The predicted octanol–water partition coefficient (Wildman–Crippen LogP) is 3.91. The van der Waals surface area contributed by atoms with E-state index < -0.39 is 0 Å². The third kappa shape index (κ3) is 3.65. The summed E-state index contributed by atoms with van der Waals surface area (Å²) in [6, 6.07) is 7.14. The van der Waals surface area contributed by atoms with Crippen molar-refractivity contribution in [3.8, 4) is 0 Å². The molecule has 2 nitrogen and oxygen atoms in total. The van der Waals surface area contributed by atoms with Gasteiger partial charge in [0.15, 0.2) is 0 Å². The summed E-state index contributed by atoms with van der Waals surface area (Å²) in [5.41, 5.74) is 3.83. The number of nitrogens with one attached hydrogen (secondary N) is 1. The molecule has 0 spiro atoms. The molecule has 0 fully saturated rings. The van der Waals surface area contributed by atoms with Crippen molar-refractivity contribution in [1.29, 1.82) is 0 Å². The van der Waals surface area contributed by atoms with Gasteiger partial charge in [-0.05, 0) is 37.0 Å². The highest BCUT2D eigenvalue weighted by Crippen LogP contribution is 2.24. The van der Waals surface area contributed by atoms with Gasteiger partial charge in [0, 0.05) is 31.5 Å². The first kappa shape index (κ1) is 13.9. The van der Waals surface area contributed by atoms with E-state index >= 15 is 0 Å². The molecule has 1 unspecified atom stereocenters. The molecule has 1 rings (SSSR count). The van der Waals surface area contributed by atoms with E-state index in [2.05, 4.69) is 70.2 Å². The van der Waals surface area contributed by atoms with E-state index in [1.807, 2.05) is 0 Å². The minimum absolute atomic E-state index is 0.549. The normalized spacial score (nSPS) is 12.6. The molecule has 1 atom stereocenters. The minimum Gasteiger partial charge on any atom is -0.382 e. The van der Waals surface area contributed by atoms with Crippen LogP contribution in [0.5, 0.6) is 0 Å². The maximum Gasteiger partial charge on any atom is 0.0411 e. The number of hydrogen-bond acceptors (Lipinski definition) is 2. The Morgan fingerprint density at radius 2 is 1.88 bits per heavy atom. The first-order valence-corrected chi connectivity index (χ1v) is 6.50. The second-order valence-corrected chi connectivity index (χ2v) is 5.30. The van der Waals surface area contributed by atoms with Crippen LogP contribution in [0, 0.1) is 12.8 Å². The van der Waals surface area contributed by atoms with Crippen LogP contribution in [0.2, 0.25) is 0 Å². The summed E-state index contributed by atoms with van der Waals surface area (Å²) in [5.74, 6) is 0.657. The standard InChI is InChI=1S/C15H26N2/c1-7-14(11(2)3)16-13-9-8-12(4)15(10-13)17(5)6/h8-11,14,16H,7H2,1-6H3. The van der Waals surface area contributed by atoms with Crippen molar-refractivity contribution in [2.75, 3.05) is 24.3 Å². The largest absolute Gasteiger partial charge is 0.382 e. The maximum atomic E-state index is 3.62. The molecule has 96 valence electrons. The van der Waals surface area contributed by atoms with E-state index in [1.165, 1.54) is 16.9 Å². The summed E-state index contributed by atoms with van der Waals surface area (Å²) < 4.78 is 0. The van der Waals surface area contributed by atoms with Crippen LogP contribution < -0.4 is 10.2 Å². The fraction of sp³-hybridized carbons (Fsp3) is 0.600. The van der Waals surface area contributed by atoms with Gasteiger partial charge in [-0.1, -0.05) is 26.8 Å². The van der Waals surface area contributed by atoms with Crippen molar-refractivity contribution in [3.63, 3.8) is 0 Å². The lowest BCUT2D eigenvalue weighted by Crippen LogP contribution is -2.24. The Bertz CT molecular complexity index is 356. The molecule has 2 heteroatoms. The zero-order chi connectivity index (χ0) is 13.0. The Kier molecular flexibility index (Phi) is 4.86. The SMILES string of the molecule is CCC(Nc1ccc(C)c(N(C)C)c1)C(C)C. The fourth-order valence-electron chi connectivity index (χ4n) is 2.14. The van der Waals surface area contributed by atoms with Gasteiger partial charge in [-0.15, -0.1) is 0 Å². The molecule has 0 aliphatic heterocycles. The van der Waals surface area contributed by atoms with Crippen LogP contribution in [-0.4, -0.2) is 20.1 Å². The second-order valence-electron chi connectivity index (χ2n) is 5.30. The lowest BCUT2D eigenvalue weighted by Gasteiger charge is -2.24. The van der Waals surface area contributed by atoms with Gasteiger partial charge < -0.3 is 10.2 Å². The molecule has 1 N–H and O–H groups in total. The third-order valence-corrected chi connectivity index (χ3v) is 3.29. The number of hydrogen-bond donors (Lipinski definition) is 1. The van der Waals surface area contributed by atoms with Crippen molar-refractivity contribution >= 4 is 11.4 Å². The summed E-state index contributed by atoms with van der Waals surface area (Å²) >= 11 is 0. The molecule has 0 amide bonds. The average Bonchev–Trinajstić information content (AvgIpc) is 2.27. The zero-order valence-corrected chi connectivity index (χ0v) is 12.0. The van der Waals surface area contributed by atoms with Gasteiger partial charge in [-0.3, -0.25) is 0 Å². The molecule has 0 aliphatic rings. The smallest absolute Gasteiger partial charge is 0.0411 e. The molecule has 0 aromatic heterocycles. The van der Waals surface area contributed by atoms with Crippen LogP contribution in [0.3, 0.4) is 0 Å². The van der Waals surface area contributed by atoms with E-state index in [9.17, 15) is 0 Å². The molecular formula is C15H26N2. The summed E-state index contributed by atoms with van der Waals surface area (Å²) in [6.45, 7) is 8.92. The molecule has 0 saturated heterocycles. The van der Waals surface area contributed by atoms with Gasteiger partial charge in [0.05, 0.1) is 0 Å². The van der Waals surface area contributed by atoms with Gasteiger partial charge in [0.1, 0.15) is 0 Å². The first-order valence-electron chi connectivity index (χ1n) is 6.50. The van der Waals surface area contributed by atoms with Crippen LogP contribution in [0.15, 0.2) is 18.2 Å². The summed E-state index contributed by atoms with van der Waals surface area (Å²) in [4.78, 5) is 2.16. The van der Waals surface area contributed by atoms with Gasteiger partial charge in [-0.25, -0.2) is 0 Å². The van der Waals surface area contributed by atoms with Crippen LogP contribution in [0.1, 0.15) is 32.8 Å². The van der Waals surface area contributed by atoms with E-state index in [-0.39, 0.29) is 0 Å². The lowest BCUT2D eigenvalue weighted by atomic mass is 10.0. The quantitative estimate of drug-likeness (QED) is 0.831. The average molecular weight is 234 g/mol. The summed E-state index contributed by atoms with van der Waals surface area (Å²) in [5, 5.41) is 3.62. The van der Waals surface area contributed by atoms with Gasteiger partial charge >= 0.3 is 0 Å². The molecule has 17 heavy (non-hydrogen) atoms. The van der Waals surface area contributed by atoms with Crippen LogP contribution in [-0.2, 0) is 0 Å². The molecular weight excluding hydrogens is 208 g/mol. The molecule has 0 heterocycles. The number of nitrogens with zero attached hydrogens (tertiary/aromatic N) is 1. The third-order valence-electron chi connectivity index (χ3n) is 3.29. The zero-order valence-electron chi connectivity index (χ0n) is 12.0. The van der Waals surface area contributed by atoms with Crippen molar-refractivity contribution in [3.05, 3.63) is 23.8 Å². The van der Waals surface area contributed by atoms with E-state index in [0.29, 0.717) is 12.0 Å². The highest BCUT2D eigenvalue weighted by molar-refractivity contribution is 5.62. The van der Waals surface area contributed by atoms with Gasteiger partial charge in [0.25, 0.3) is 0 Å². The Labute approximate surface area is 106 Å². The molecule has 0 radical (unpaired) electrons. The fourth-order valence-corrected chi connectivity index (χ4v) is 2.14. The number of anilines is 2. The highest BCUT2D eigenvalue weighted by atomic mass is 15.1. The minimum atomic E-state index is 0.549. The Morgan fingerprint density at radius 1 is 1.24 bits per heavy atom. The lowest BCUT2D eigenvalue weighted by molar-refractivity contribution is 0.511. The monoisotopic (exact) mass is 234 g/mol. The number of aryl methyl sites for hydroxylation is 1. The van der Waals surface area contributed by atoms with Crippen LogP contribution >= 0.6 is 0 Å². The van der Waals surface area contributed by atoms with Gasteiger partial charge in [0.2, 0.25) is 0 Å². The Balaban J connectivity index is 2.88. The predicted molar refractivity (Wildman–Crippen MR) is 78.0 cm³/mol. The molecule has 0 bridgehead atoms. The first-order chi connectivity index (χ1) is 7.95. The maximum absolute atomic E-state index is 3.62. The van der Waals surface area contributed by atoms with Gasteiger partial charge in [-0.2, -0.15) is 0 Å². The summed E-state index contributed by atoms with van der Waals surface area (Å²) in [7, 11) is 4.18. The van der Waals surface area contributed by atoms with Crippen molar-refractivity contribution in [2.45, 2.75) is 40.2 Å². The summed E-state index contributed by atoms with van der Waals surface area (Å²) in [6.07, 6.45) is 1.16. The Morgan fingerprint density at radius 3 is 2.35 bits per heavy atom. The van der Waals surface area contributed by atoms with Crippen LogP contribution in [0.4, 0.5) is 11.4 Å². The Hall–Kier alpha value is -1.18. The van der Waals surface area contributed by atoms with E-state index in [4.69, 9.17) is 0 Å². The second kappa shape index (κ2) is 5.95. The van der Waals surface area contributed by atoms with E-state index in [0.717, 1.165) is 6.42 Å². The highest BCUT2D eigenvalue weighted by Gasteiger charge is 2.11. The van der Waals surface area contributed by atoms with Crippen LogP contribution in [0.25, 0.3) is 0 Å². The number of benzene rings is 1. The molecule has 0 saturated carbocycles. The molecule has 1 aromatic carbocycles. The topological polar surface area (TPSA) is 15.3 Å². The van der Waals surface area contributed by atoms with Crippen molar-refractivity contribution in [1.82, 2.24) is 0 Å². The number of rotatable bonds is 5. The molecule has 0 aliphatic carbocycles. The van der Waals surface area contributed by atoms with Crippen molar-refractivity contribution < 1.29 is 0 Å². The van der Waals surface area contributed by atoms with Crippen molar-refractivity contribution in [2.24, 2.45) is 5.92 Å².